The van der Waals surface area contributed by atoms with Crippen molar-refractivity contribution in [2.24, 2.45) is 29.1 Å². The second-order valence-corrected chi connectivity index (χ2v) is 18.7. The molecular weight excluding hydrogens is 771 g/mol. The Balaban J connectivity index is 1.21. The zero-order valence-corrected chi connectivity index (χ0v) is 34.5. The van der Waals surface area contributed by atoms with Crippen LogP contribution in [0.2, 0.25) is 0 Å². The minimum absolute atomic E-state index is 0.0174. The maximum atomic E-state index is 14.9. The summed E-state index contributed by atoms with van der Waals surface area (Å²) in [7, 11) is -0.726. The van der Waals surface area contributed by atoms with Gasteiger partial charge in [-0.3, -0.25) is 23.9 Å². The van der Waals surface area contributed by atoms with Crippen molar-refractivity contribution in [3.63, 3.8) is 0 Å². The van der Waals surface area contributed by atoms with Crippen LogP contribution in [-0.4, -0.2) is 113 Å². The molecule has 4 heterocycles. The summed E-state index contributed by atoms with van der Waals surface area (Å²) in [5, 5.41) is 0.696. The highest BCUT2D eigenvalue weighted by atomic mass is 32.2. The van der Waals surface area contributed by atoms with Crippen molar-refractivity contribution in [2.75, 3.05) is 47.2 Å². The lowest BCUT2D eigenvalue weighted by Gasteiger charge is -2.33. The number of carbonyl (C=O) groups is 4. The van der Waals surface area contributed by atoms with Crippen molar-refractivity contribution in [2.45, 2.75) is 95.1 Å². The molecule has 7 rings (SSSR count). The number of fused-ring (bicyclic) bond motifs is 3. The van der Waals surface area contributed by atoms with Gasteiger partial charge in [0.25, 0.3) is 0 Å². The quantitative estimate of drug-likeness (QED) is 0.173. The first kappa shape index (κ1) is 41.9. The molecule has 2 aromatic rings. The van der Waals surface area contributed by atoms with Gasteiger partial charge in [0.05, 0.1) is 68.7 Å². The normalized spacial score (nSPS) is 29.9. The van der Waals surface area contributed by atoms with E-state index in [1.54, 1.807) is 32.5 Å². The summed E-state index contributed by atoms with van der Waals surface area (Å²) in [6.45, 7) is 5.36. The summed E-state index contributed by atoms with van der Waals surface area (Å²) < 4.78 is 62.2. The van der Waals surface area contributed by atoms with Crippen LogP contribution >= 0.6 is 0 Å². The molecule has 0 unspecified atom stereocenters. The fourth-order valence-corrected chi connectivity index (χ4v) is 9.97. The van der Waals surface area contributed by atoms with Gasteiger partial charge in [0.15, 0.2) is 5.78 Å². The van der Waals surface area contributed by atoms with E-state index < -0.39 is 50.6 Å². The van der Waals surface area contributed by atoms with Crippen molar-refractivity contribution < 1.29 is 56.0 Å². The molecule has 2 saturated heterocycles. The minimum Gasteiger partial charge on any atom is -0.497 e. The largest absolute Gasteiger partial charge is 0.497 e. The summed E-state index contributed by atoms with van der Waals surface area (Å²) in [5.41, 5.74) is -1.27. The smallest absolute Gasteiger partial charge is 0.307 e. The van der Waals surface area contributed by atoms with Gasteiger partial charge in [-0.05, 0) is 74.5 Å². The van der Waals surface area contributed by atoms with Crippen LogP contribution in [0.5, 0.6) is 17.4 Å². The highest BCUT2D eigenvalue weighted by molar-refractivity contribution is 7.90. The van der Waals surface area contributed by atoms with Crippen LogP contribution in [-0.2, 0) is 43.4 Å². The lowest BCUT2D eigenvalue weighted by Crippen LogP contribution is -2.48. The third-order valence-electron chi connectivity index (χ3n) is 12.3. The highest BCUT2D eigenvalue weighted by Gasteiger charge is 2.61. The van der Waals surface area contributed by atoms with E-state index in [0.717, 1.165) is 6.42 Å². The van der Waals surface area contributed by atoms with Gasteiger partial charge in [-0.15, -0.1) is 0 Å². The maximum Gasteiger partial charge on any atom is 0.307 e. The number of esters is 1. The van der Waals surface area contributed by atoms with Gasteiger partial charge in [-0.25, -0.2) is 13.4 Å². The molecule has 2 amide bonds. The molecule has 7 atom stereocenters. The summed E-state index contributed by atoms with van der Waals surface area (Å²) in [6, 6.07) is 4.38. The zero-order chi connectivity index (χ0) is 41.2. The Morgan fingerprint density at radius 2 is 1.83 bits per heavy atom. The fourth-order valence-electron chi connectivity index (χ4n) is 8.58. The average molecular weight is 826 g/mol. The molecule has 316 valence electrons. The molecule has 1 aromatic heterocycles. The van der Waals surface area contributed by atoms with Crippen molar-refractivity contribution in [3.8, 4) is 17.4 Å². The van der Waals surface area contributed by atoms with Crippen molar-refractivity contribution >= 4 is 44.4 Å². The third-order valence-corrected chi connectivity index (χ3v) is 14.1. The number of aromatic nitrogens is 1. The van der Waals surface area contributed by atoms with Crippen LogP contribution in [0, 0.1) is 29.1 Å². The fraction of sp³-hybridized carbons (Fsp3) is 0.643. The van der Waals surface area contributed by atoms with Crippen LogP contribution in [0.15, 0.2) is 36.5 Å². The average Bonchev–Trinajstić information content (AvgIpc) is 4.11. The minimum atomic E-state index is -3.87. The Kier molecular flexibility index (Phi) is 12.6. The van der Waals surface area contributed by atoms with Gasteiger partial charge >= 0.3 is 5.97 Å². The maximum absolute atomic E-state index is 14.9. The Morgan fingerprint density at radius 1 is 1.03 bits per heavy atom. The molecule has 16 heteroatoms. The van der Waals surface area contributed by atoms with Crippen LogP contribution in [0.4, 0.5) is 0 Å². The van der Waals surface area contributed by atoms with Gasteiger partial charge in [0.2, 0.25) is 27.7 Å². The molecule has 58 heavy (non-hydrogen) atoms. The lowest BCUT2D eigenvalue weighted by molar-refractivity contribution is -0.175. The first-order chi connectivity index (χ1) is 27.8. The summed E-state index contributed by atoms with van der Waals surface area (Å²) in [5.74, 6) is -1.75. The van der Waals surface area contributed by atoms with Crippen LogP contribution in [0.3, 0.4) is 0 Å². The number of sulfonamides is 1. The molecule has 2 aliphatic carbocycles. The number of carbonyl (C=O) groups excluding carboxylic acids is 4. The molecule has 0 bridgehead atoms. The number of benzene rings is 1. The molecule has 2 saturated carbocycles. The number of methoxy groups -OCH3 is 2. The molecule has 5 aliphatic rings. The number of hydrogen-bond acceptors (Lipinski definition) is 13. The second-order valence-electron chi connectivity index (χ2n) is 16.7. The first-order valence-electron chi connectivity index (χ1n) is 20.4. The number of ether oxygens (including phenoxy) is 6. The molecule has 15 nitrogen and oxygen atoms in total. The van der Waals surface area contributed by atoms with E-state index >= 15 is 0 Å². The van der Waals surface area contributed by atoms with Crippen molar-refractivity contribution in [3.05, 3.63) is 36.5 Å². The number of allylic oxidation sites excluding steroid dienone is 2. The summed E-state index contributed by atoms with van der Waals surface area (Å²) >= 11 is 0. The van der Waals surface area contributed by atoms with Gasteiger partial charge < -0.3 is 33.3 Å². The number of nitrogens with one attached hydrogen (secondary N) is 1. The van der Waals surface area contributed by atoms with Crippen LogP contribution < -0.4 is 18.9 Å². The topological polar surface area (TPSA) is 186 Å². The molecule has 1 aromatic carbocycles. The predicted octanol–water partition coefficient (Wildman–Crippen LogP) is 4.15. The molecule has 3 aliphatic heterocycles. The summed E-state index contributed by atoms with van der Waals surface area (Å²) in [6.07, 6.45) is 7.56. The Hall–Kier alpha value is -4.28. The van der Waals surface area contributed by atoms with E-state index in [4.69, 9.17) is 28.4 Å². The standard InChI is InChI=1S/C42H55N3O12S/c1-25-7-5-6-8-27-19-42(27,41(49)44-58(50,51)31-10-11-31)20-36(46)35-17-29(22-45(35)40(48)33(26(2)15-25)18-38(47)56-30-23-54-24-30)57-39-32-12-9-28(53-4)16-34(32)37(21-43-39)55-14-13-52-3/h6,8-9,12,16,21,25-27,29-31,33,35H,5,7,10-11,13-15,17-20,22-24H2,1-4H3,(H,44,49)/b8-6-/t25-,26-,27-,29-,33+,35+,42-/m1/s1. The van der Waals surface area contributed by atoms with E-state index in [-0.39, 0.29) is 73.8 Å². The number of hydrogen-bond donors (Lipinski definition) is 1. The first-order valence-corrected chi connectivity index (χ1v) is 21.9. The third kappa shape index (κ3) is 9.28. The molecular formula is C42H55N3O12S. The molecule has 1 N–H and O–H groups in total. The van der Waals surface area contributed by atoms with E-state index in [0.29, 0.717) is 74.2 Å². The molecule has 0 spiro atoms. The Bertz CT molecular complexity index is 2020. The van der Waals surface area contributed by atoms with Crippen LogP contribution in [0.25, 0.3) is 10.8 Å². The van der Waals surface area contributed by atoms with Crippen molar-refractivity contribution in [1.82, 2.24) is 14.6 Å². The van der Waals surface area contributed by atoms with E-state index in [2.05, 4.69) is 16.6 Å². The van der Waals surface area contributed by atoms with E-state index in [1.807, 2.05) is 25.1 Å². The molecule has 0 radical (unpaired) electrons. The van der Waals surface area contributed by atoms with Crippen molar-refractivity contribution in [1.29, 1.82) is 0 Å². The highest BCUT2D eigenvalue weighted by Crippen LogP contribution is 2.57. The SMILES string of the molecule is COCCOc1cnc(O[C@@H]2C[C@H]3C(=O)C[C@]4(C(=O)NS(=O)(=O)C5CC5)C[C@H]4/C=C\CC[C@@H](C)C[C@@H](C)[C@H](CC(=O)OC4COC4)C(=O)N3C2)c2ccc(OC)cc12. The van der Waals surface area contributed by atoms with Gasteiger partial charge in [-0.1, -0.05) is 26.0 Å². The van der Waals surface area contributed by atoms with E-state index in [1.165, 1.54) is 4.90 Å². The van der Waals surface area contributed by atoms with E-state index in [9.17, 15) is 27.6 Å². The van der Waals surface area contributed by atoms with Gasteiger partial charge in [0, 0.05) is 30.7 Å². The number of ketones is 1. The lowest BCUT2D eigenvalue weighted by atomic mass is 9.82. The number of Topliss-reactive ketones (excluding diaryl/α,β-unsaturated/α-hetero) is 1. The second kappa shape index (κ2) is 17.5. The number of nitrogens with zero attached hydrogens (tertiary/aromatic N) is 2. The number of amides is 2. The van der Waals surface area contributed by atoms with Gasteiger partial charge in [-0.2, -0.15) is 0 Å². The number of rotatable bonds is 13. The van der Waals surface area contributed by atoms with Crippen LogP contribution in [0.1, 0.15) is 71.6 Å². The van der Waals surface area contributed by atoms with Gasteiger partial charge in [0.1, 0.15) is 30.3 Å². The zero-order valence-electron chi connectivity index (χ0n) is 33.7. The summed E-state index contributed by atoms with van der Waals surface area (Å²) in [4.78, 5) is 62.9. The monoisotopic (exact) mass is 825 g/mol. The predicted molar refractivity (Wildman–Crippen MR) is 211 cm³/mol. The number of pyridine rings is 1. The Labute approximate surface area is 339 Å². The molecule has 4 fully saturated rings. The Morgan fingerprint density at radius 3 is 2.53 bits per heavy atom.